The Morgan fingerprint density at radius 3 is 2.80 bits per heavy atom. The first-order chi connectivity index (χ1) is 9.79. The molecular weight excluding hydrogens is 272 g/mol. The van der Waals surface area contributed by atoms with Crippen LogP contribution >= 0.6 is 11.3 Å². The van der Waals surface area contributed by atoms with Crippen molar-refractivity contribution in [2.75, 3.05) is 13.1 Å². The van der Waals surface area contributed by atoms with Gasteiger partial charge in [-0.05, 0) is 43.9 Å². The van der Waals surface area contributed by atoms with E-state index in [1.165, 1.54) is 32.1 Å². The number of aromatic nitrogens is 2. The minimum absolute atomic E-state index is 0.0660. The second-order valence-electron chi connectivity index (χ2n) is 6.30. The maximum absolute atomic E-state index is 12.1. The number of urea groups is 1. The predicted molar refractivity (Wildman–Crippen MR) is 76.5 cm³/mol. The molecular formula is C14H20N4OS. The molecule has 1 atom stereocenters. The van der Waals surface area contributed by atoms with Gasteiger partial charge in [-0.3, -0.25) is 0 Å². The molecule has 2 heterocycles. The molecule has 3 aliphatic rings. The molecule has 0 radical (unpaired) electrons. The van der Waals surface area contributed by atoms with Crippen LogP contribution in [0.25, 0.3) is 0 Å². The Bertz CT molecular complexity index is 509. The predicted octanol–water partition coefficient (Wildman–Crippen LogP) is 2.36. The highest BCUT2D eigenvalue weighted by atomic mass is 32.1. The summed E-state index contributed by atoms with van der Waals surface area (Å²) in [6, 6.07) is 0.0660. The third-order valence-corrected chi connectivity index (χ3v) is 5.69. The lowest BCUT2D eigenvalue weighted by atomic mass is 10.0. The van der Waals surface area contributed by atoms with Gasteiger partial charge in [-0.25, -0.2) is 4.79 Å². The molecule has 3 fully saturated rings. The normalized spacial score (nSPS) is 26.0. The fourth-order valence-corrected chi connectivity index (χ4v) is 3.97. The van der Waals surface area contributed by atoms with Crippen LogP contribution in [0.5, 0.6) is 0 Å². The van der Waals surface area contributed by atoms with Gasteiger partial charge in [0.15, 0.2) is 0 Å². The number of carbonyl (C=O) groups excluding carboxylic acids is 1. The Kier molecular flexibility index (Phi) is 3.13. The highest BCUT2D eigenvalue weighted by Gasteiger charge is 2.37. The van der Waals surface area contributed by atoms with E-state index in [-0.39, 0.29) is 6.03 Å². The number of rotatable bonds is 4. The maximum Gasteiger partial charge on any atom is 0.317 e. The van der Waals surface area contributed by atoms with Gasteiger partial charge in [0.05, 0.1) is 6.54 Å². The Balaban J connectivity index is 1.26. The molecule has 1 aliphatic heterocycles. The van der Waals surface area contributed by atoms with Gasteiger partial charge < -0.3 is 10.2 Å². The second kappa shape index (κ2) is 4.98. The van der Waals surface area contributed by atoms with Crippen LogP contribution in [-0.2, 0) is 6.54 Å². The zero-order chi connectivity index (χ0) is 13.5. The summed E-state index contributed by atoms with van der Waals surface area (Å²) in [6.45, 7) is 2.38. The third-order valence-electron chi connectivity index (χ3n) is 4.60. The van der Waals surface area contributed by atoms with E-state index in [0.717, 1.165) is 34.9 Å². The van der Waals surface area contributed by atoms with Crippen molar-refractivity contribution >= 4 is 17.4 Å². The first-order valence-electron chi connectivity index (χ1n) is 7.64. The molecule has 5 nitrogen and oxygen atoms in total. The monoisotopic (exact) mass is 292 g/mol. The largest absolute Gasteiger partial charge is 0.331 e. The van der Waals surface area contributed by atoms with E-state index in [0.29, 0.717) is 12.5 Å². The summed E-state index contributed by atoms with van der Waals surface area (Å²) in [7, 11) is 0. The van der Waals surface area contributed by atoms with E-state index in [1.54, 1.807) is 11.3 Å². The molecule has 2 saturated carbocycles. The molecule has 2 aliphatic carbocycles. The van der Waals surface area contributed by atoms with Crippen LogP contribution in [0.3, 0.4) is 0 Å². The van der Waals surface area contributed by atoms with Crippen molar-refractivity contribution in [3.05, 3.63) is 10.0 Å². The summed E-state index contributed by atoms with van der Waals surface area (Å²) in [4.78, 5) is 14.1. The number of nitrogens with zero attached hydrogens (tertiary/aromatic N) is 3. The van der Waals surface area contributed by atoms with E-state index >= 15 is 0 Å². The van der Waals surface area contributed by atoms with E-state index in [4.69, 9.17) is 0 Å². The Morgan fingerprint density at radius 1 is 1.20 bits per heavy atom. The zero-order valence-electron chi connectivity index (χ0n) is 11.5. The van der Waals surface area contributed by atoms with Gasteiger partial charge in [-0.2, -0.15) is 0 Å². The minimum Gasteiger partial charge on any atom is -0.331 e. The highest BCUT2D eigenvalue weighted by molar-refractivity contribution is 7.11. The molecule has 4 rings (SSSR count). The van der Waals surface area contributed by atoms with Crippen molar-refractivity contribution in [1.29, 1.82) is 0 Å². The molecule has 1 aromatic rings. The lowest BCUT2D eigenvalue weighted by molar-refractivity contribution is 0.206. The van der Waals surface area contributed by atoms with Crippen molar-refractivity contribution < 1.29 is 4.79 Å². The van der Waals surface area contributed by atoms with Crippen LogP contribution in [0.4, 0.5) is 4.79 Å². The molecule has 2 amide bonds. The van der Waals surface area contributed by atoms with Crippen LogP contribution in [0.15, 0.2) is 0 Å². The molecule has 6 heteroatoms. The van der Waals surface area contributed by atoms with Gasteiger partial charge in [0.1, 0.15) is 10.0 Å². The minimum atomic E-state index is 0.0660. The molecule has 0 aromatic carbocycles. The van der Waals surface area contributed by atoms with Gasteiger partial charge in [0, 0.05) is 19.0 Å². The number of hydrogen-bond acceptors (Lipinski definition) is 4. The topological polar surface area (TPSA) is 58.1 Å². The van der Waals surface area contributed by atoms with Gasteiger partial charge in [-0.1, -0.05) is 11.3 Å². The molecule has 1 saturated heterocycles. The van der Waals surface area contributed by atoms with Crippen molar-refractivity contribution in [3.63, 3.8) is 0 Å². The van der Waals surface area contributed by atoms with Crippen molar-refractivity contribution in [1.82, 2.24) is 20.4 Å². The smallest absolute Gasteiger partial charge is 0.317 e. The zero-order valence-corrected chi connectivity index (χ0v) is 12.4. The Labute approximate surface area is 122 Å². The molecule has 20 heavy (non-hydrogen) atoms. The molecule has 108 valence electrons. The quantitative estimate of drug-likeness (QED) is 0.927. The summed E-state index contributed by atoms with van der Waals surface area (Å²) in [6.07, 6.45) is 6.42. The summed E-state index contributed by atoms with van der Waals surface area (Å²) in [5.74, 6) is 2.30. The number of carbonyl (C=O) groups is 1. The standard InChI is InChI=1S/C14H20N4OS/c19-14(18-6-5-11(8-18)9-1-2-9)15-7-12-16-17-13(20-12)10-3-4-10/h9-11H,1-8H2,(H,15,19). The lowest BCUT2D eigenvalue weighted by Crippen LogP contribution is -2.38. The summed E-state index contributed by atoms with van der Waals surface area (Å²) >= 11 is 1.65. The number of hydrogen-bond donors (Lipinski definition) is 1. The Hall–Kier alpha value is -1.17. The Morgan fingerprint density at radius 2 is 2.05 bits per heavy atom. The maximum atomic E-state index is 12.1. The van der Waals surface area contributed by atoms with Gasteiger partial charge >= 0.3 is 6.03 Å². The first kappa shape index (κ1) is 12.6. The fraction of sp³-hybridized carbons (Fsp3) is 0.786. The number of nitrogens with one attached hydrogen (secondary N) is 1. The molecule has 1 aromatic heterocycles. The lowest BCUT2D eigenvalue weighted by Gasteiger charge is -2.16. The number of amides is 2. The molecule has 0 bridgehead atoms. The molecule has 1 unspecified atom stereocenters. The highest BCUT2D eigenvalue weighted by Crippen LogP contribution is 2.42. The van der Waals surface area contributed by atoms with Crippen LogP contribution in [-0.4, -0.2) is 34.2 Å². The second-order valence-corrected chi connectivity index (χ2v) is 7.39. The average Bonchev–Trinajstić information content (AvgIpc) is 3.39. The van der Waals surface area contributed by atoms with E-state index < -0.39 is 0 Å². The van der Waals surface area contributed by atoms with Gasteiger partial charge in [0.2, 0.25) is 0 Å². The van der Waals surface area contributed by atoms with Gasteiger partial charge in [-0.15, -0.1) is 10.2 Å². The van der Waals surface area contributed by atoms with Crippen molar-refractivity contribution in [3.8, 4) is 0 Å². The number of likely N-dealkylation sites (tertiary alicyclic amines) is 1. The summed E-state index contributed by atoms with van der Waals surface area (Å²) in [5.41, 5.74) is 0. The van der Waals surface area contributed by atoms with E-state index in [9.17, 15) is 4.79 Å². The van der Waals surface area contributed by atoms with E-state index in [1.807, 2.05) is 4.90 Å². The van der Waals surface area contributed by atoms with Crippen molar-refractivity contribution in [2.24, 2.45) is 11.8 Å². The van der Waals surface area contributed by atoms with Crippen LogP contribution < -0.4 is 5.32 Å². The molecule has 1 N–H and O–H groups in total. The SMILES string of the molecule is O=C(NCc1nnc(C2CC2)s1)N1CCC(C2CC2)C1. The van der Waals surface area contributed by atoms with Crippen LogP contribution in [0.2, 0.25) is 0 Å². The van der Waals surface area contributed by atoms with Gasteiger partial charge in [0.25, 0.3) is 0 Å². The summed E-state index contributed by atoms with van der Waals surface area (Å²) < 4.78 is 0. The third kappa shape index (κ3) is 2.66. The fourth-order valence-electron chi connectivity index (χ4n) is 3.02. The van der Waals surface area contributed by atoms with Crippen molar-refractivity contribution in [2.45, 2.75) is 44.6 Å². The average molecular weight is 292 g/mol. The molecule has 0 spiro atoms. The summed E-state index contributed by atoms with van der Waals surface area (Å²) in [5, 5.41) is 13.4. The van der Waals surface area contributed by atoms with Crippen LogP contribution in [0, 0.1) is 11.8 Å². The van der Waals surface area contributed by atoms with Crippen LogP contribution in [0.1, 0.15) is 48.0 Å². The first-order valence-corrected chi connectivity index (χ1v) is 8.46. The van der Waals surface area contributed by atoms with E-state index in [2.05, 4.69) is 15.5 Å².